The van der Waals surface area contributed by atoms with E-state index in [1.807, 2.05) is 18.2 Å². The molecule has 0 radical (unpaired) electrons. The average Bonchev–Trinajstić information content (AvgIpc) is 3.44. The van der Waals surface area contributed by atoms with Crippen molar-refractivity contribution in [1.82, 2.24) is 0 Å². The lowest BCUT2D eigenvalue weighted by Gasteiger charge is -2.56. The minimum absolute atomic E-state index is 0.264. The van der Waals surface area contributed by atoms with Crippen molar-refractivity contribution in [2.45, 2.75) is 64.1 Å². The minimum Gasteiger partial charge on any atom is -0.452 e. The van der Waals surface area contributed by atoms with E-state index in [1.54, 1.807) is 0 Å². The van der Waals surface area contributed by atoms with Gasteiger partial charge >= 0.3 is 0 Å². The molecule has 0 N–H and O–H groups in total. The second kappa shape index (κ2) is 7.47. The summed E-state index contributed by atoms with van der Waals surface area (Å²) in [6.45, 7) is 1.15. The Bertz CT molecular complexity index is 1000. The van der Waals surface area contributed by atoms with Crippen LogP contribution in [0.1, 0.15) is 63.7 Å². The molecule has 5 nitrogen and oxygen atoms in total. The number of furan rings is 1. The lowest BCUT2D eigenvalue weighted by atomic mass is 9.47. The first kappa shape index (κ1) is 21.5. The van der Waals surface area contributed by atoms with Gasteiger partial charge in [-0.25, -0.2) is 14.2 Å². The Kier molecular flexibility index (Phi) is 5.01. The maximum Gasteiger partial charge on any atom is 0.176 e. The third-order valence-electron chi connectivity index (χ3n) is 9.73. The predicted octanol–water partition coefficient (Wildman–Crippen LogP) is 5.53. The third kappa shape index (κ3) is 2.67. The molecule has 4 fully saturated rings. The number of rotatable bonds is 3. The predicted molar refractivity (Wildman–Crippen MR) is 121 cm³/mol. The van der Waals surface area contributed by atoms with E-state index < -0.39 is 35.5 Å². The zero-order chi connectivity index (χ0) is 22.3. The monoisotopic (exact) mass is 554 g/mol. The topological polar surface area (TPSA) is 65.7 Å². The molecule has 1 aromatic rings. The largest absolute Gasteiger partial charge is 0.452 e. The van der Waals surface area contributed by atoms with Crippen LogP contribution in [0, 0.1) is 38.3 Å². The Hall–Kier alpha value is -1.06. The van der Waals surface area contributed by atoms with Crippen molar-refractivity contribution in [3.8, 4) is 0 Å². The molecule has 0 spiro atoms. The maximum atomic E-state index is 14.2. The summed E-state index contributed by atoms with van der Waals surface area (Å²) in [7, 11) is 0. The van der Waals surface area contributed by atoms with Crippen LogP contribution >= 0.6 is 22.6 Å². The van der Waals surface area contributed by atoms with Gasteiger partial charge in [-0.1, -0.05) is 12.5 Å². The van der Waals surface area contributed by atoms with Crippen molar-refractivity contribution >= 4 is 34.2 Å². The van der Waals surface area contributed by atoms with Gasteiger partial charge < -0.3 is 4.42 Å². The molecule has 1 aliphatic heterocycles. The number of alkyl halides is 1. The number of hydrogen-bond acceptors (Lipinski definition) is 5. The highest BCUT2D eigenvalue weighted by Gasteiger charge is 2.76. The molecule has 2 unspecified atom stereocenters. The van der Waals surface area contributed by atoms with Crippen molar-refractivity contribution in [2.24, 2.45) is 34.5 Å². The fraction of sp³-hybridized carbons (Fsp3) is 0.680. The molecule has 0 aromatic carbocycles. The van der Waals surface area contributed by atoms with Crippen LogP contribution in [0.2, 0.25) is 0 Å². The molecular weight excluding hydrogens is 526 g/mol. The molecular formula is C25H28FIO5. The molecule has 7 heteroatoms. The van der Waals surface area contributed by atoms with E-state index in [0.717, 1.165) is 32.1 Å². The summed E-state index contributed by atoms with van der Waals surface area (Å²) in [6, 6.07) is 3.66. The lowest BCUT2D eigenvalue weighted by Crippen LogP contribution is -2.56. The van der Waals surface area contributed by atoms with Gasteiger partial charge in [0.05, 0.1) is 0 Å². The summed E-state index contributed by atoms with van der Waals surface area (Å²) in [5, 5.41) is 0. The van der Waals surface area contributed by atoms with Gasteiger partial charge in [0.25, 0.3) is 0 Å². The van der Waals surface area contributed by atoms with E-state index in [4.69, 9.17) is 14.2 Å². The highest BCUT2D eigenvalue weighted by Crippen LogP contribution is 2.74. The second-order valence-corrected chi connectivity index (χ2v) is 11.7. The van der Waals surface area contributed by atoms with Crippen molar-refractivity contribution in [2.75, 3.05) is 6.67 Å². The van der Waals surface area contributed by atoms with E-state index in [-0.39, 0.29) is 11.7 Å². The fourth-order valence-corrected chi connectivity index (χ4v) is 8.95. The van der Waals surface area contributed by atoms with Gasteiger partial charge in [0.15, 0.2) is 21.4 Å². The van der Waals surface area contributed by atoms with Crippen LogP contribution in [-0.2, 0) is 19.4 Å². The van der Waals surface area contributed by atoms with Crippen LogP contribution in [0.4, 0.5) is 4.39 Å². The molecule has 3 saturated carbocycles. The van der Waals surface area contributed by atoms with E-state index in [1.165, 1.54) is 5.57 Å². The molecule has 1 saturated heterocycles. The second-order valence-electron chi connectivity index (χ2n) is 10.6. The minimum atomic E-state index is -1.07. The number of fused-ring (bicyclic) bond motifs is 7. The summed E-state index contributed by atoms with van der Waals surface area (Å²) in [4.78, 5) is 37.0. The zero-order valence-electron chi connectivity index (χ0n) is 18.2. The van der Waals surface area contributed by atoms with Gasteiger partial charge in [-0.3, -0.25) is 9.59 Å². The number of carbonyl (C=O) groups is 2. The molecule has 2 heterocycles. The van der Waals surface area contributed by atoms with Crippen LogP contribution in [0.15, 0.2) is 28.2 Å². The number of allylic oxidation sites excluding steroid dienone is 1. The van der Waals surface area contributed by atoms with Gasteiger partial charge in [-0.05, 0) is 108 Å². The number of halogens is 2. The highest BCUT2D eigenvalue weighted by atomic mass is 127. The Morgan fingerprint density at radius 2 is 2.03 bits per heavy atom. The van der Waals surface area contributed by atoms with E-state index in [2.05, 4.69) is 29.5 Å². The molecule has 32 heavy (non-hydrogen) atoms. The molecule has 6 rings (SSSR count). The van der Waals surface area contributed by atoms with Gasteiger partial charge in [-0.2, -0.15) is 0 Å². The number of Topliss-reactive ketones (excluding diaryl/α,β-unsaturated/α-hetero) is 1. The number of carbonyl (C=O) groups excluding carboxylic acids is 2. The summed E-state index contributed by atoms with van der Waals surface area (Å²) in [6.07, 6.45) is 6.82. The van der Waals surface area contributed by atoms with E-state index in [0.29, 0.717) is 40.1 Å². The van der Waals surface area contributed by atoms with Crippen LogP contribution in [-0.4, -0.2) is 24.3 Å². The first-order chi connectivity index (χ1) is 15.4. The first-order valence-electron chi connectivity index (χ1n) is 11.8. The summed E-state index contributed by atoms with van der Waals surface area (Å²) >= 11 is 2.09. The van der Waals surface area contributed by atoms with Crippen LogP contribution in [0.3, 0.4) is 0 Å². The number of ketones is 2. The molecule has 4 aliphatic carbocycles. The Labute approximate surface area is 200 Å². The van der Waals surface area contributed by atoms with E-state index in [9.17, 15) is 14.0 Å². The normalized spacial score (nSPS) is 45.0. The molecule has 0 amide bonds. The molecule has 8 atom stereocenters. The molecule has 172 valence electrons. The Morgan fingerprint density at radius 3 is 2.78 bits per heavy atom. The zero-order valence-corrected chi connectivity index (χ0v) is 20.3. The smallest absolute Gasteiger partial charge is 0.176 e. The number of hydrogen-bond donors (Lipinski definition) is 0. The molecule has 5 aliphatic rings. The lowest BCUT2D eigenvalue weighted by molar-refractivity contribution is -0.305. The highest BCUT2D eigenvalue weighted by molar-refractivity contribution is 14.1. The summed E-state index contributed by atoms with van der Waals surface area (Å²) in [5.41, 5.74) is -0.161. The van der Waals surface area contributed by atoms with Gasteiger partial charge in [0, 0.05) is 6.42 Å². The van der Waals surface area contributed by atoms with Gasteiger partial charge in [-0.15, -0.1) is 0 Å². The first-order valence-corrected chi connectivity index (χ1v) is 12.9. The Morgan fingerprint density at radius 1 is 1.19 bits per heavy atom. The molecule has 0 bridgehead atoms. The Balaban J connectivity index is 1.41. The molecule has 1 aromatic heterocycles. The van der Waals surface area contributed by atoms with Crippen LogP contribution < -0.4 is 0 Å². The quantitative estimate of drug-likeness (QED) is 0.363. The SMILES string of the molecule is C[C@]12CC[C@H]3[C@@H](CCC4=CC(=O)CC[C@@H]43)[C@@H]1CC1OOC(c3ccc(I)o3)[C@]12C(=O)CF. The van der Waals surface area contributed by atoms with E-state index >= 15 is 0 Å². The van der Waals surface area contributed by atoms with Crippen molar-refractivity contribution in [3.63, 3.8) is 0 Å². The van der Waals surface area contributed by atoms with Crippen LogP contribution in [0.25, 0.3) is 0 Å². The van der Waals surface area contributed by atoms with Gasteiger partial charge in [0.2, 0.25) is 0 Å². The standard InChI is InChI=1S/C25H28FIO5/c1-24-9-8-16-15-5-3-14(28)10-13(15)2-4-17(16)18(24)11-21-25(24,20(29)12-26)23(32-31-21)19-6-7-22(27)30-19/h6-7,10,15-18,21,23H,2-5,8-9,11-12H2,1H3/t15-,16+,17+,18-,21?,23?,24-,25-/m0/s1. The van der Waals surface area contributed by atoms with Crippen LogP contribution in [0.5, 0.6) is 0 Å². The van der Waals surface area contributed by atoms with Crippen molar-refractivity contribution in [3.05, 3.63) is 33.3 Å². The average molecular weight is 554 g/mol. The fourth-order valence-electron chi connectivity index (χ4n) is 8.51. The van der Waals surface area contributed by atoms with Crippen molar-refractivity contribution in [1.29, 1.82) is 0 Å². The summed E-state index contributed by atoms with van der Waals surface area (Å²) in [5.74, 6) is 2.12. The maximum absolute atomic E-state index is 14.2. The van der Waals surface area contributed by atoms with Crippen molar-refractivity contribution < 1.29 is 28.2 Å². The third-order valence-corrected chi connectivity index (χ3v) is 10.3. The summed E-state index contributed by atoms with van der Waals surface area (Å²) < 4.78 is 20.7. The van der Waals surface area contributed by atoms with Gasteiger partial charge in [0.1, 0.15) is 24.0 Å².